The van der Waals surface area contributed by atoms with Crippen LogP contribution in [0.25, 0.3) is 0 Å². The SMILES string of the molecule is CC1(C)OC[C@H]([C@H]2O[B]O[C@@H]2[C@H]2COC(C)(C)O2)O1. The van der Waals surface area contributed by atoms with Crippen molar-refractivity contribution in [1.29, 1.82) is 0 Å². The van der Waals surface area contributed by atoms with Gasteiger partial charge in [-0.3, -0.25) is 0 Å². The standard InChI is InChI=1S/C12H20BO6/c1-11(2)14-5-7(16-11)9-10(19-13-18-9)8-6-15-12(3,4)17-8/h7-10H,5-6H2,1-4H3/t7-,8-,9-,10-/m1/s1. The maximum Gasteiger partial charge on any atom is 0.488 e. The zero-order valence-corrected chi connectivity index (χ0v) is 11.8. The lowest BCUT2D eigenvalue weighted by Crippen LogP contribution is -2.45. The Balaban J connectivity index is 1.66. The Morgan fingerprint density at radius 2 is 1.21 bits per heavy atom. The van der Waals surface area contributed by atoms with Gasteiger partial charge in [-0.05, 0) is 27.7 Å². The number of hydrogen-bond acceptors (Lipinski definition) is 6. The first-order valence-corrected chi connectivity index (χ1v) is 6.62. The summed E-state index contributed by atoms with van der Waals surface area (Å²) in [5.41, 5.74) is 0. The first-order chi connectivity index (χ1) is 8.86. The van der Waals surface area contributed by atoms with Crippen LogP contribution >= 0.6 is 0 Å². The van der Waals surface area contributed by atoms with E-state index in [0.29, 0.717) is 13.2 Å². The van der Waals surface area contributed by atoms with Gasteiger partial charge >= 0.3 is 7.69 Å². The molecule has 3 rings (SSSR count). The number of ether oxygens (including phenoxy) is 4. The molecule has 3 saturated heterocycles. The lowest BCUT2D eigenvalue weighted by molar-refractivity contribution is -0.165. The first-order valence-electron chi connectivity index (χ1n) is 6.62. The van der Waals surface area contributed by atoms with Crippen molar-refractivity contribution in [3.8, 4) is 0 Å². The highest BCUT2D eigenvalue weighted by Gasteiger charge is 2.50. The average Bonchev–Trinajstić information content (AvgIpc) is 2.96. The summed E-state index contributed by atoms with van der Waals surface area (Å²) < 4.78 is 33.9. The minimum Gasteiger partial charge on any atom is -0.405 e. The maximum absolute atomic E-state index is 5.83. The summed E-state index contributed by atoms with van der Waals surface area (Å²) in [6, 6.07) is 0. The van der Waals surface area contributed by atoms with Gasteiger partial charge in [0.2, 0.25) is 0 Å². The summed E-state index contributed by atoms with van der Waals surface area (Å²) in [4.78, 5) is 0. The molecule has 3 aliphatic rings. The van der Waals surface area contributed by atoms with Crippen molar-refractivity contribution >= 4 is 7.69 Å². The lowest BCUT2D eigenvalue weighted by Gasteiger charge is -2.28. The maximum atomic E-state index is 5.83. The Morgan fingerprint density at radius 1 is 0.789 bits per heavy atom. The van der Waals surface area contributed by atoms with Crippen molar-refractivity contribution < 1.29 is 28.3 Å². The smallest absolute Gasteiger partial charge is 0.405 e. The van der Waals surface area contributed by atoms with Crippen molar-refractivity contribution in [1.82, 2.24) is 0 Å². The molecule has 0 amide bonds. The van der Waals surface area contributed by atoms with E-state index in [1.807, 2.05) is 27.7 Å². The zero-order chi connectivity index (χ0) is 13.7. The van der Waals surface area contributed by atoms with E-state index in [1.165, 1.54) is 7.69 Å². The molecule has 3 heterocycles. The van der Waals surface area contributed by atoms with Gasteiger partial charge in [0.1, 0.15) is 12.2 Å². The molecule has 4 atom stereocenters. The van der Waals surface area contributed by atoms with E-state index in [-0.39, 0.29) is 24.4 Å². The number of rotatable bonds is 2. The molecule has 19 heavy (non-hydrogen) atoms. The average molecular weight is 271 g/mol. The Kier molecular flexibility index (Phi) is 3.40. The van der Waals surface area contributed by atoms with Gasteiger partial charge in [-0.25, -0.2) is 0 Å². The molecule has 0 N–H and O–H groups in total. The van der Waals surface area contributed by atoms with Crippen LogP contribution in [-0.2, 0) is 28.3 Å². The third-order valence-electron chi connectivity index (χ3n) is 3.54. The van der Waals surface area contributed by atoms with Crippen LogP contribution in [0.3, 0.4) is 0 Å². The molecule has 0 aliphatic carbocycles. The molecular formula is C12H20BO6. The van der Waals surface area contributed by atoms with Crippen LogP contribution in [0.15, 0.2) is 0 Å². The van der Waals surface area contributed by atoms with E-state index >= 15 is 0 Å². The van der Waals surface area contributed by atoms with E-state index in [2.05, 4.69) is 0 Å². The highest BCUT2D eigenvalue weighted by atomic mass is 16.8. The second-order valence-corrected chi connectivity index (χ2v) is 6.03. The quantitative estimate of drug-likeness (QED) is 0.686. The highest BCUT2D eigenvalue weighted by molar-refractivity contribution is 6.19. The van der Waals surface area contributed by atoms with Gasteiger partial charge in [0.15, 0.2) is 11.6 Å². The molecule has 3 aliphatic heterocycles. The van der Waals surface area contributed by atoms with E-state index in [1.54, 1.807) is 0 Å². The molecule has 0 aromatic heterocycles. The van der Waals surface area contributed by atoms with Crippen molar-refractivity contribution in [3.05, 3.63) is 0 Å². The Bertz CT molecular complexity index is 315. The largest absolute Gasteiger partial charge is 0.488 e. The summed E-state index contributed by atoms with van der Waals surface area (Å²) >= 11 is 0. The van der Waals surface area contributed by atoms with Crippen LogP contribution in [0.1, 0.15) is 27.7 Å². The predicted octanol–water partition coefficient (Wildman–Crippen LogP) is 0.608. The molecule has 0 aromatic carbocycles. The van der Waals surface area contributed by atoms with Crippen LogP contribution in [0.2, 0.25) is 0 Å². The van der Waals surface area contributed by atoms with Crippen molar-refractivity contribution in [3.63, 3.8) is 0 Å². The molecule has 107 valence electrons. The molecular weight excluding hydrogens is 251 g/mol. The number of hydrogen-bond donors (Lipinski definition) is 0. The van der Waals surface area contributed by atoms with E-state index in [0.717, 1.165) is 0 Å². The molecule has 0 saturated carbocycles. The topological polar surface area (TPSA) is 55.4 Å². The fourth-order valence-electron chi connectivity index (χ4n) is 2.67. The normalized spacial score (nSPS) is 44.4. The monoisotopic (exact) mass is 271 g/mol. The third-order valence-corrected chi connectivity index (χ3v) is 3.54. The van der Waals surface area contributed by atoms with Gasteiger partial charge in [0, 0.05) is 0 Å². The van der Waals surface area contributed by atoms with Crippen molar-refractivity contribution in [2.75, 3.05) is 13.2 Å². The van der Waals surface area contributed by atoms with Crippen LogP contribution < -0.4 is 0 Å². The van der Waals surface area contributed by atoms with Gasteiger partial charge in [-0.1, -0.05) is 0 Å². The molecule has 1 radical (unpaired) electrons. The summed E-state index contributed by atoms with van der Waals surface area (Å²) in [6.45, 7) is 8.53. The van der Waals surface area contributed by atoms with Gasteiger partial charge in [-0.15, -0.1) is 0 Å². The van der Waals surface area contributed by atoms with Gasteiger partial charge in [0.25, 0.3) is 0 Å². The molecule has 7 heteroatoms. The fraction of sp³-hybridized carbons (Fsp3) is 1.00. The third kappa shape index (κ3) is 2.81. The minimum atomic E-state index is -0.576. The van der Waals surface area contributed by atoms with Gasteiger partial charge < -0.3 is 28.3 Å². The molecule has 0 unspecified atom stereocenters. The summed E-state index contributed by atoms with van der Waals surface area (Å²) in [5, 5.41) is 0. The fourth-order valence-corrected chi connectivity index (χ4v) is 2.67. The van der Waals surface area contributed by atoms with Crippen LogP contribution in [0.4, 0.5) is 0 Å². The van der Waals surface area contributed by atoms with E-state index in [9.17, 15) is 0 Å². The van der Waals surface area contributed by atoms with Crippen LogP contribution in [-0.4, -0.2) is 56.9 Å². The minimum absolute atomic E-state index is 0.161. The molecule has 6 nitrogen and oxygen atoms in total. The predicted molar refractivity (Wildman–Crippen MR) is 65.3 cm³/mol. The summed E-state index contributed by atoms with van der Waals surface area (Å²) in [6.07, 6.45) is -0.786. The van der Waals surface area contributed by atoms with Crippen LogP contribution in [0.5, 0.6) is 0 Å². The van der Waals surface area contributed by atoms with Crippen molar-refractivity contribution in [2.24, 2.45) is 0 Å². The Hall–Kier alpha value is -0.175. The van der Waals surface area contributed by atoms with E-state index < -0.39 is 11.6 Å². The van der Waals surface area contributed by atoms with Gasteiger partial charge in [0.05, 0.1) is 25.4 Å². The molecule has 0 aromatic rings. The second-order valence-electron chi connectivity index (χ2n) is 6.03. The molecule has 0 bridgehead atoms. The Labute approximate surface area is 113 Å². The van der Waals surface area contributed by atoms with Gasteiger partial charge in [-0.2, -0.15) is 0 Å². The molecule has 0 spiro atoms. The van der Waals surface area contributed by atoms with Crippen LogP contribution in [0, 0.1) is 0 Å². The van der Waals surface area contributed by atoms with Crippen molar-refractivity contribution in [2.45, 2.75) is 63.7 Å². The highest BCUT2D eigenvalue weighted by Crippen LogP contribution is 2.34. The first kappa shape index (κ1) is 13.8. The summed E-state index contributed by atoms with van der Waals surface area (Å²) in [7, 11) is 1.36. The Morgan fingerprint density at radius 3 is 1.53 bits per heavy atom. The summed E-state index contributed by atoms with van der Waals surface area (Å²) in [5.74, 6) is -1.15. The molecule has 3 fully saturated rings. The van der Waals surface area contributed by atoms with E-state index in [4.69, 9.17) is 28.3 Å². The second kappa shape index (κ2) is 4.68. The zero-order valence-electron chi connectivity index (χ0n) is 11.8. The lowest BCUT2D eigenvalue weighted by atomic mass is 10.0.